The molecule has 0 aromatic heterocycles. The van der Waals surface area contributed by atoms with Gasteiger partial charge in [0.15, 0.2) is 9.84 Å². The van der Waals surface area contributed by atoms with Gasteiger partial charge in [-0.15, -0.1) is 0 Å². The van der Waals surface area contributed by atoms with Gasteiger partial charge in [0.25, 0.3) is 0 Å². The van der Waals surface area contributed by atoms with Crippen LogP contribution in [0.1, 0.15) is 18.4 Å². The number of rotatable bonds is 5. The highest BCUT2D eigenvalue weighted by molar-refractivity contribution is 7.92. The summed E-state index contributed by atoms with van der Waals surface area (Å²) >= 11 is 0. The van der Waals surface area contributed by atoms with Gasteiger partial charge in [-0.1, -0.05) is 30.3 Å². The van der Waals surface area contributed by atoms with Gasteiger partial charge in [0.1, 0.15) is 17.4 Å². The maximum atomic E-state index is 13.9. The molecule has 2 aromatic rings. The molecule has 1 aliphatic heterocycles. The van der Waals surface area contributed by atoms with Gasteiger partial charge in [0.2, 0.25) is 0 Å². The SMILES string of the molecule is O=S(=O)(c1ccccc1)C1CC(F)CCN1CCc1ccc(F)cc1. The molecule has 0 bridgehead atoms. The van der Waals surface area contributed by atoms with E-state index in [1.54, 1.807) is 42.5 Å². The third-order valence-corrected chi connectivity index (χ3v) is 6.76. The van der Waals surface area contributed by atoms with Gasteiger partial charge in [0, 0.05) is 19.5 Å². The lowest BCUT2D eigenvalue weighted by atomic mass is 10.1. The van der Waals surface area contributed by atoms with E-state index in [1.807, 2.05) is 4.90 Å². The second kappa shape index (κ2) is 7.62. The first-order valence-electron chi connectivity index (χ1n) is 8.38. The van der Waals surface area contributed by atoms with Crippen molar-refractivity contribution in [3.05, 3.63) is 66.0 Å². The minimum absolute atomic E-state index is 0.0132. The van der Waals surface area contributed by atoms with Crippen LogP contribution in [0.4, 0.5) is 8.78 Å². The molecule has 1 aliphatic rings. The number of halogens is 2. The van der Waals surface area contributed by atoms with E-state index in [2.05, 4.69) is 0 Å². The van der Waals surface area contributed by atoms with Gasteiger partial charge in [-0.25, -0.2) is 17.2 Å². The van der Waals surface area contributed by atoms with Gasteiger partial charge in [-0.05, 0) is 42.7 Å². The summed E-state index contributed by atoms with van der Waals surface area (Å²) in [7, 11) is -3.63. The van der Waals surface area contributed by atoms with Crippen LogP contribution in [-0.2, 0) is 16.3 Å². The van der Waals surface area contributed by atoms with Gasteiger partial charge in [-0.2, -0.15) is 0 Å². The van der Waals surface area contributed by atoms with E-state index < -0.39 is 21.4 Å². The van der Waals surface area contributed by atoms with Crippen molar-refractivity contribution in [3.63, 3.8) is 0 Å². The van der Waals surface area contributed by atoms with Crippen molar-refractivity contribution in [2.24, 2.45) is 0 Å². The Morgan fingerprint density at radius 2 is 1.72 bits per heavy atom. The summed E-state index contributed by atoms with van der Waals surface area (Å²) in [6.45, 7) is 0.897. The Labute approximate surface area is 147 Å². The van der Waals surface area contributed by atoms with Gasteiger partial charge < -0.3 is 0 Å². The van der Waals surface area contributed by atoms with Crippen LogP contribution in [0.3, 0.4) is 0 Å². The lowest BCUT2D eigenvalue weighted by molar-refractivity contribution is 0.130. The molecular formula is C19H21F2NO2S. The highest BCUT2D eigenvalue weighted by Gasteiger charge is 2.38. The Bertz CT molecular complexity index is 794. The molecule has 6 heteroatoms. The molecule has 2 atom stereocenters. The predicted octanol–water partition coefficient (Wildman–Crippen LogP) is 3.60. The van der Waals surface area contributed by atoms with Crippen molar-refractivity contribution < 1.29 is 17.2 Å². The fourth-order valence-electron chi connectivity index (χ4n) is 3.21. The van der Waals surface area contributed by atoms with Crippen molar-refractivity contribution in [1.82, 2.24) is 4.90 Å². The fourth-order valence-corrected chi connectivity index (χ4v) is 5.12. The quantitative estimate of drug-likeness (QED) is 0.812. The summed E-state index contributed by atoms with van der Waals surface area (Å²) < 4.78 is 52.8. The molecule has 1 heterocycles. The van der Waals surface area contributed by atoms with Crippen LogP contribution in [0.25, 0.3) is 0 Å². The smallest absolute Gasteiger partial charge is 0.194 e. The molecule has 0 aliphatic carbocycles. The number of nitrogens with zero attached hydrogens (tertiary/aromatic N) is 1. The average molecular weight is 365 g/mol. The molecule has 2 unspecified atom stereocenters. The van der Waals surface area contributed by atoms with E-state index in [0.717, 1.165) is 5.56 Å². The predicted molar refractivity (Wildman–Crippen MR) is 93.2 cm³/mol. The summed E-state index contributed by atoms with van der Waals surface area (Å²) in [5.74, 6) is -0.300. The van der Waals surface area contributed by atoms with E-state index in [9.17, 15) is 17.2 Å². The maximum absolute atomic E-state index is 13.9. The summed E-state index contributed by atoms with van der Waals surface area (Å²) in [5.41, 5.74) is 0.930. The number of piperidine rings is 1. The van der Waals surface area contributed by atoms with E-state index in [0.29, 0.717) is 25.9 Å². The first-order valence-corrected chi connectivity index (χ1v) is 9.93. The lowest BCUT2D eigenvalue weighted by Gasteiger charge is -2.36. The topological polar surface area (TPSA) is 37.4 Å². The molecule has 25 heavy (non-hydrogen) atoms. The van der Waals surface area contributed by atoms with Crippen LogP contribution < -0.4 is 0 Å². The second-order valence-corrected chi connectivity index (χ2v) is 8.45. The molecular weight excluding hydrogens is 344 g/mol. The van der Waals surface area contributed by atoms with Crippen LogP contribution in [-0.4, -0.2) is 38.0 Å². The first kappa shape index (κ1) is 18.0. The van der Waals surface area contributed by atoms with E-state index in [4.69, 9.17) is 0 Å². The maximum Gasteiger partial charge on any atom is 0.194 e. The highest BCUT2D eigenvalue weighted by atomic mass is 32.2. The first-order chi connectivity index (χ1) is 12.0. The van der Waals surface area contributed by atoms with Crippen LogP contribution in [0.5, 0.6) is 0 Å². The van der Waals surface area contributed by atoms with Crippen LogP contribution >= 0.6 is 0 Å². The molecule has 0 amide bonds. The van der Waals surface area contributed by atoms with Crippen molar-refractivity contribution >= 4 is 9.84 Å². The average Bonchev–Trinajstić information content (AvgIpc) is 2.62. The molecule has 3 rings (SSSR count). The Kier molecular flexibility index (Phi) is 5.49. The molecule has 0 N–H and O–H groups in total. The molecule has 0 saturated carbocycles. The van der Waals surface area contributed by atoms with Crippen molar-refractivity contribution in [2.45, 2.75) is 35.7 Å². The number of likely N-dealkylation sites (tertiary alicyclic amines) is 1. The highest BCUT2D eigenvalue weighted by Crippen LogP contribution is 2.28. The fraction of sp³-hybridized carbons (Fsp3) is 0.368. The van der Waals surface area contributed by atoms with E-state index in [1.165, 1.54) is 12.1 Å². The third kappa shape index (κ3) is 4.25. The van der Waals surface area contributed by atoms with Crippen molar-refractivity contribution in [1.29, 1.82) is 0 Å². The van der Waals surface area contributed by atoms with E-state index >= 15 is 0 Å². The summed E-state index contributed by atoms with van der Waals surface area (Å²) in [5, 5.41) is -0.862. The van der Waals surface area contributed by atoms with Gasteiger partial charge >= 0.3 is 0 Å². The molecule has 0 radical (unpaired) electrons. The van der Waals surface area contributed by atoms with Gasteiger partial charge in [-0.3, -0.25) is 4.90 Å². The van der Waals surface area contributed by atoms with Crippen LogP contribution in [0.15, 0.2) is 59.5 Å². The minimum atomic E-state index is -3.63. The zero-order valence-corrected chi connectivity index (χ0v) is 14.6. The number of benzene rings is 2. The standard InChI is InChI=1S/C19H21F2NO2S/c20-16-8-6-15(7-9-16)10-12-22-13-11-17(21)14-19(22)25(23,24)18-4-2-1-3-5-18/h1-9,17,19H,10-14H2. The molecule has 2 aromatic carbocycles. The zero-order valence-electron chi connectivity index (χ0n) is 13.8. The number of hydrogen-bond acceptors (Lipinski definition) is 3. The number of hydrogen-bond donors (Lipinski definition) is 0. The summed E-state index contributed by atoms with van der Waals surface area (Å²) in [6, 6.07) is 14.4. The Hall–Kier alpha value is -1.79. The number of alkyl halides is 1. The Morgan fingerprint density at radius 3 is 2.40 bits per heavy atom. The second-order valence-electron chi connectivity index (χ2n) is 6.35. The lowest BCUT2D eigenvalue weighted by Crippen LogP contribution is -2.48. The molecule has 1 saturated heterocycles. The van der Waals surface area contributed by atoms with Crippen LogP contribution in [0, 0.1) is 5.82 Å². The number of sulfone groups is 1. The van der Waals surface area contributed by atoms with Crippen molar-refractivity contribution in [2.75, 3.05) is 13.1 Å². The monoisotopic (exact) mass is 365 g/mol. The minimum Gasteiger partial charge on any atom is -0.286 e. The third-order valence-electron chi connectivity index (χ3n) is 4.63. The normalized spacial score (nSPS) is 22.0. The molecule has 3 nitrogen and oxygen atoms in total. The Balaban J connectivity index is 1.78. The van der Waals surface area contributed by atoms with E-state index in [-0.39, 0.29) is 17.1 Å². The molecule has 0 spiro atoms. The summed E-state index contributed by atoms with van der Waals surface area (Å²) in [4.78, 5) is 2.06. The molecule has 1 fully saturated rings. The van der Waals surface area contributed by atoms with Crippen molar-refractivity contribution in [3.8, 4) is 0 Å². The largest absolute Gasteiger partial charge is 0.286 e. The van der Waals surface area contributed by atoms with Crippen LogP contribution in [0.2, 0.25) is 0 Å². The zero-order chi connectivity index (χ0) is 17.9. The summed E-state index contributed by atoms with van der Waals surface area (Å²) in [6.07, 6.45) is -0.186. The Morgan fingerprint density at radius 1 is 1.04 bits per heavy atom. The molecule has 134 valence electrons. The van der Waals surface area contributed by atoms with Gasteiger partial charge in [0.05, 0.1) is 4.90 Å².